The molecule has 0 aromatic heterocycles. The first-order chi connectivity index (χ1) is 8.93. The van der Waals surface area contributed by atoms with E-state index in [1.165, 1.54) is 15.7 Å². The molecule has 0 spiro atoms. The normalized spacial score (nSPS) is 11.4. The highest BCUT2D eigenvalue weighted by Gasteiger charge is 2.09. The third-order valence-corrected chi connectivity index (χ3v) is 3.81. The Balaban J connectivity index is 2.79. The first-order valence-electron chi connectivity index (χ1n) is 7.20. The molecule has 19 heavy (non-hydrogen) atoms. The zero-order chi connectivity index (χ0) is 14.4. The predicted molar refractivity (Wildman–Crippen MR) is 88.8 cm³/mol. The molecular formula is C16H27BrN2. The number of hydrogen-bond donors (Lipinski definition) is 1. The lowest BCUT2D eigenvalue weighted by molar-refractivity contribution is 0.587. The summed E-state index contributed by atoms with van der Waals surface area (Å²) in [6, 6.07) is 7.20. The quantitative estimate of drug-likeness (QED) is 0.797. The van der Waals surface area contributed by atoms with Crippen molar-refractivity contribution in [2.24, 2.45) is 5.92 Å². The van der Waals surface area contributed by atoms with Gasteiger partial charge >= 0.3 is 0 Å². The van der Waals surface area contributed by atoms with Gasteiger partial charge in [0.2, 0.25) is 0 Å². The van der Waals surface area contributed by atoms with Crippen LogP contribution in [-0.4, -0.2) is 19.1 Å². The van der Waals surface area contributed by atoms with E-state index in [4.69, 9.17) is 0 Å². The van der Waals surface area contributed by atoms with Crippen molar-refractivity contribution in [1.29, 1.82) is 0 Å². The van der Waals surface area contributed by atoms with Gasteiger partial charge in [-0.05, 0) is 30.5 Å². The van der Waals surface area contributed by atoms with Crippen LogP contribution in [0.3, 0.4) is 0 Å². The molecule has 1 rings (SSSR count). The van der Waals surface area contributed by atoms with Crippen LogP contribution in [0.5, 0.6) is 0 Å². The zero-order valence-electron chi connectivity index (χ0n) is 12.8. The van der Waals surface area contributed by atoms with E-state index in [-0.39, 0.29) is 0 Å². The fourth-order valence-corrected chi connectivity index (χ4v) is 2.56. The molecule has 2 nitrogen and oxygen atoms in total. The molecule has 0 saturated carbocycles. The van der Waals surface area contributed by atoms with E-state index >= 15 is 0 Å². The lowest BCUT2D eigenvalue weighted by Crippen LogP contribution is -2.27. The fraction of sp³-hybridized carbons (Fsp3) is 0.625. The molecule has 3 heteroatoms. The third kappa shape index (κ3) is 5.53. The van der Waals surface area contributed by atoms with Crippen LogP contribution < -0.4 is 10.2 Å². The Hall–Kier alpha value is -0.540. The van der Waals surface area contributed by atoms with E-state index in [0.717, 1.165) is 19.6 Å². The molecule has 0 bridgehead atoms. The summed E-state index contributed by atoms with van der Waals surface area (Å²) in [6.07, 6.45) is 0. The number of rotatable bonds is 7. The van der Waals surface area contributed by atoms with Crippen LogP contribution in [-0.2, 0) is 6.54 Å². The van der Waals surface area contributed by atoms with E-state index < -0.39 is 0 Å². The molecular weight excluding hydrogens is 300 g/mol. The van der Waals surface area contributed by atoms with Crippen LogP contribution in [0.4, 0.5) is 5.69 Å². The minimum absolute atomic E-state index is 0.514. The lowest BCUT2D eigenvalue weighted by atomic mass is 10.1. The standard InChI is InChI=1S/C16H27BrN2/c1-6-19(11-12(2)3)15-8-7-14(16(17)9-15)10-18-13(4)5/h7-9,12-13,18H,6,10-11H2,1-5H3. The Morgan fingerprint density at radius 2 is 1.89 bits per heavy atom. The van der Waals surface area contributed by atoms with Gasteiger partial charge in [0, 0.05) is 35.8 Å². The second-order valence-electron chi connectivity index (χ2n) is 5.74. The Bertz CT molecular complexity index is 388. The predicted octanol–water partition coefficient (Wildman–Crippen LogP) is 4.43. The summed E-state index contributed by atoms with van der Waals surface area (Å²) < 4.78 is 1.19. The van der Waals surface area contributed by atoms with Gasteiger partial charge in [-0.25, -0.2) is 0 Å². The van der Waals surface area contributed by atoms with Crippen molar-refractivity contribution in [3.63, 3.8) is 0 Å². The minimum Gasteiger partial charge on any atom is -0.372 e. The van der Waals surface area contributed by atoms with Gasteiger partial charge in [-0.2, -0.15) is 0 Å². The largest absolute Gasteiger partial charge is 0.372 e. The van der Waals surface area contributed by atoms with Gasteiger partial charge in [0.25, 0.3) is 0 Å². The van der Waals surface area contributed by atoms with Crippen LogP contribution in [0, 0.1) is 5.92 Å². The maximum atomic E-state index is 3.69. The fourth-order valence-electron chi connectivity index (χ4n) is 2.05. The molecule has 1 N–H and O–H groups in total. The van der Waals surface area contributed by atoms with Crippen molar-refractivity contribution in [3.8, 4) is 0 Å². The van der Waals surface area contributed by atoms with Gasteiger partial charge < -0.3 is 10.2 Å². The third-order valence-electron chi connectivity index (χ3n) is 3.07. The Labute approximate surface area is 126 Å². The molecule has 0 aliphatic heterocycles. The molecule has 0 atom stereocenters. The van der Waals surface area contributed by atoms with Crippen molar-refractivity contribution in [2.75, 3.05) is 18.0 Å². The summed E-state index contributed by atoms with van der Waals surface area (Å²) in [4.78, 5) is 2.43. The number of nitrogens with zero attached hydrogens (tertiary/aromatic N) is 1. The molecule has 0 heterocycles. The lowest BCUT2D eigenvalue weighted by Gasteiger charge is -2.26. The van der Waals surface area contributed by atoms with Crippen molar-refractivity contribution < 1.29 is 0 Å². The molecule has 1 aromatic carbocycles. The van der Waals surface area contributed by atoms with E-state index in [1.54, 1.807) is 0 Å². The van der Waals surface area contributed by atoms with Gasteiger partial charge in [-0.15, -0.1) is 0 Å². The van der Waals surface area contributed by atoms with Crippen molar-refractivity contribution in [2.45, 2.75) is 47.2 Å². The second-order valence-corrected chi connectivity index (χ2v) is 6.60. The summed E-state index contributed by atoms with van der Waals surface area (Å²) in [5.41, 5.74) is 2.62. The maximum absolute atomic E-state index is 3.69. The Kier molecular flexibility index (Phi) is 6.87. The maximum Gasteiger partial charge on any atom is 0.0377 e. The van der Waals surface area contributed by atoms with Gasteiger partial charge in [-0.1, -0.05) is 49.7 Å². The van der Waals surface area contributed by atoms with Crippen LogP contribution >= 0.6 is 15.9 Å². The summed E-state index contributed by atoms with van der Waals surface area (Å²) in [7, 11) is 0. The van der Waals surface area contributed by atoms with Crippen molar-refractivity contribution in [3.05, 3.63) is 28.2 Å². The Morgan fingerprint density at radius 3 is 2.37 bits per heavy atom. The highest BCUT2D eigenvalue weighted by molar-refractivity contribution is 9.10. The molecule has 0 fully saturated rings. The van der Waals surface area contributed by atoms with Crippen LogP contribution in [0.15, 0.2) is 22.7 Å². The van der Waals surface area contributed by atoms with Gasteiger partial charge in [0.05, 0.1) is 0 Å². The summed E-state index contributed by atoms with van der Waals surface area (Å²) >= 11 is 3.69. The van der Waals surface area contributed by atoms with E-state index in [0.29, 0.717) is 12.0 Å². The van der Waals surface area contributed by atoms with Gasteiger partial charge in [0.15, 0.2) is 0 Å². The first kappa shape index (κ1) is 16.5. The smallest absolute Gasteiger partial charge is 0.0377 e. The van der Waals surface area contributed by atoms with Gasteiger partial charge in [-0.3, -0.25) is 0 Å². The first-order valence-corrected chi connectivity index (χ1v) is 8.00. The topological polar surface area (TPSA) is 15.3 Å². The van der Waals surface area contributed by atoms with E-state index in [1.807, 2.05) is 0 Å². The molecule has 0 saturated heterocycles. The highest BCUT2D eigenvalue weighted by Crippen LogP contribution is 2.25. The minimum atomic E-state index is 0.514. The van der Waals surface area contributed by atoms with E-state index in [9.17, 15) is 0 Å². The average molecular weight is 327 g/mol. The number of halogens is 1. The molecule has 1 aromatic rings. The van der Waals surface area contributed by atoms with Crippen LogP contribution in [0.2, 0.25) is 0 Å². The van der Waals surface area contributed by atoms with Crippen molar-refractivity contribution in [1.82, 2.24) is 5.32 Å². The summed E-state index contributed by atoms with van der Waals surface area (Å²) in [5, 5.41) is 3.45. The molecule has 0 amide bonds. The number of benzene rings is 1. The highest BCUT2D eigenvalue weighted by atomic mass is 79.9. The summed E-state index contributed by atoms with van der Waals surface area (Å²) in [6.45, 7) is 14.1. The number of hydrogen-bond acceptors (Lipinski definition) is 2. The molecule has 0 aliphatic rings. The van der Waals surface area contributed by atoms with Crippen LogP contribution in [0.1, 0.15) is 40.2 Å². The SMILES string of the molecule is CCN(CC(C)C)c1ccc(CNC(C)C)c(Br)c1. The monoisotopic (exact) mass is 326 g/mol. The molecule has 0 radical (unpaired) electrons. The number of nitrogens with one attached hydrogen (secondary N) is 1. The second kappa shape index (κ2) is 7.91. The zero-order valence-corrected chi connectivity index (χ0v) is 14.4. The summed E-state index contributed by atoms with van der Waals surface area (Å²) in [5.74, 6) is 0.681. The molecule has 0 aliphatic carbocycles. The Morgan fingerprint density at radius 1 is 1.21 bits per heavy atom. The van der Waals surface area contributed by atoms with Gasteiger partial charge in [0.1, 0.15) is 0 Å². The molecule has 108 valence electrons. The average Bonchev–Trinajstić information content (AvgIpc) is 2.34. The van der Waals surface area contributed by atoms with Crippen molar-refractivity contribution >= 4 is 21.6 Å². The number of anilines is 1. The molecule has 0 unspecified atom stereocenters. The van der Waals surface area contributed by atoms with E-state index in [2.05, 4.69) is 79.0 Å². The van der Waals surface area contributed by atoms with Crippen LogP contribution in [0.25, 0.3) is 0 Å².